The molecule has 0 aliphatic heterocycles. The standard InChI is InChI=1S/C16H31Cl/c1-12(2)7-6-8-13-11-14(16(3,4)5)9-10-15(13)17/h12-15H,6-11H2,1-5H3. The average molecular weight is 259 g/mol. The van der Waals surface area contributed by atoms with Gasteiger partial charge in [-0.05, 0) is 48.9 Å². The van der Waals surface area contributed by atoms with Gasteiger partial charge in [-0.15, -0.1) is 11.6 Å². The molecule has 1 saturated carbocycles. The van der Waals surface area contributed by atoms with Crippen LogP contribution < -0.4 is 0 Å². The lowest BCUT2D eigenvalue weighted by molar-refractivity contribution is 0.138. The molecule has 3 unspecified atom stereocenters. The number of halogens is 1. The number of hydrogen-bond acceptors (Lipinski definition) is 0. The molecule has 0 bridgehead atoms. The zero-order valence-corrected chi connectivity index (χ0v) is 13.2. The van der Waals surface area contributed by atoms with Crippen LogP contribution in [-0.2, 0) is 0 Å². The summed E-state index contributed by atoms with van der Waals surface area (Å²) in [7, 11) is 0. The molecule has 0 radical (unpaired) electrons. The summed E-state index contributed by atoms with van der Waals surface area (Å²) in [5, 5.41) is 0.445. The lowest BCUT2D eigenvalue weighted by atomic mass is 9.68. The molecule has 1 heteroatoms. The molecule has 0 amide bonds. The fourth-order valence-electron chi connectivity index (χ4n) is 3.10. The summed E-state index contributed by atoms with van der Waals surface area (Å²) in [6.45, 7) is 11.8. The molecule has 0 saturated heterocycles. The van der Waals surface area contributed by atoms with Gasteiger partial charge in [0.2, 0.25) is 0 Å². The van der Waals surface area contributed by atoms with Crippen molar-refractivity contribution in [3.8, 4) is 0 Å². The second-order valence-electron chi connectivity index (χ2n) is 7.48. The molecule has 1 fully saturated rings. The second kappa shape index (κ2) is 6.45. The van der Waals surface area contributed by atoms with Gasteiger partial charge in [-0.1, -0.05) is 47.5 Å². The first-order valence-electron chi connectivity index (χ1n) is 7.44. The Morgan fingerprint density at radius 2 is 1.82 bits per heavy atom. The largest absolute Gasteiger partial charge is 0.123 e. The first-order valence-corrected chi connectivity index (χ1v) is 7.88. The highest BCUT2D eigenvalue weighted by Gasteiger charge is 2.34. The third-order valence-electron chi connectivity index (χ3n) is 4.47. The third kappa shape index (κ3) is 5.20. The summed E-state index contributed by atoms with van der Waals surface area (Å²) < 4.78 is 0. The molecule has 0 N–H and O–H groups in total. The maximum atomic E-state index is 6.51. The van der Waals surface area contributed by atoms with Gasteiger partial charge in [-0.2, -0.15) is 0 Å². The molecule has 0 aromatic heterocycles. The Hall–Kier alpha value is 0.290. The Morgan fingerprint density at radius 1 is 1.18 bits per heavy atom. The highest BCUT2D eigenvalue weighted by Crippen LogP contribution is 2.43. The topological polar surface area (TPSA) is 0 Å². The minimum Gasteiger partial charge on any atom is -0.123 e. The highest BCUT2D eigenvalue weighted by molar-refractivity contribution is 6.20. The van der Waals surface area contributed by atoms with Crippen molar-refractivity contribution in [1.82, 2.24) is 0 Å². The van der Waals surface area contributed by atoms with Crippen LogP contribution in [0.2, 0.25) is 0 Å². The third-order valence-corrected chi connectivity index (χ3v) is 5.05. The zero-order chi connectivity index (χ0) is 13.1. The normalized spacial score (nSPS) is 30.9. The van der Waals surface area contributed by atoms with Crippen molar-refractivity contribution in [3.05, 3.63) is 0 Å². The predicted molar refractivity (Wildman–Crippen MR) is 78.6 cm³/mol. The minimum absolute atomic E-state index is 0.445. The molecule has 1 aliphatic carbocycles. The Bertz CT molecular complexity index is 214. The molecule has 0 nitrogen and oxygen atoms in total. The molecule has 0 heterocycles. The van der Waals surface area contributed by atoms with E-state index in [9.17, 15) is 0 Å². The van der Waals surface area contributed by atoms with Gasteiger partial charge in [0.25, 0.3) is 0 Å². The van der Waals surface area contributed by atoms with Crippen LogP contribution in [-0.4, -0.2) is 5.38 Å². The zero-order valence-electron chi connectivity index (χ0n) is 12.4. The van der Waals surface area contributed by atoms with E-state index < -0.39 is 0 Å². The van der Waals surface area contributed by atoms with E-state index in [0.717, 1.165) is 17.8 Å². The molecule has 0 aromatic rings. The van der Waals surface area contributed by atoms with E-state index >= 15 is 0 Å². The van der Waals surface area contributed by atoms with E-state index in [2.05, 4.69) is 34.6 Å². The van der Waals surface area contributed by atoms with Crippen molar-refractivity contribution >= 4 is 11.6 Å². The lowest BCUT2D eigenvalue weighted by Crippen LogP contribution is -2.32. The van der Waals surface area contributed by atoms with Crippen LogP contribution in [0.4, 0.5) is 0 Å². The second-order valence-corrected chi connectivity index (χ2v) is 8.04. The van der Waals surface area contributed by atoms with Crippen LogP contribution in [0.5, 0.6) is 0 Å². The lowest BCUT2D eigenvalue weighted by Gasteiger charge is -2.40. The summed E-state index contributed by atoms with van der Waals surface area (Å²) in [6.07, 6.45) is 7.99. The van der Waals surface area contributed by atoms with Crippen LogP contribution in [0.25, 0.3) is 0 Å². The van der Waals surface area contributed by atoms with Crippen LogP contribution in [0.15, 0.2) is 0 Å². The summed E-state index contributed by atoms with van der Waals surface area (Å²) >= 11 is 6.51. The monoisotopic (exact) mass is 258 g/mol. The summed E-state index contributed by atoms with van der Waals surface area (Å²) in [5.41, 5.74) is 0.466. The molecule has 0 aromatic carbocycles. The first-order chi connectivity index (χ1) is 7.80. The molecule has 0 spiro atoms. The van der Waals surface area contributed by atoms with Gasteiger partial charge in [0, 0.05) is 5.38 Å². The van der Waals surface area contributed by atoms with E-state index in [0.29, 0.717) is 10.8 Å². The summed E-state index contributed by atoms with van der Waals surface area (Å²) in [4.78, 5) is 0. The fraction of sp³-hybridized carbons (Fsp3) is 1.00. The van der Waals surface area contributed by atoms with Crippen molar-refractivity contribution in [2.24, 2.45) is 23.2 Å². The van der Waals surface area contributed by atoms with Gasteiger partial charge in [-0.3, -0.25) is 0 Å². The Balaban J connectivity index is 2.41. The Kier molecular flexibility index (Phi) is 5.83. The van der Waals surface area contributed by atoms with Crippen molar-refractivity contribution in [2.75, 3.05) is 0 Å². The predicted octanol–water partition coefficient (Wildman–Crippen LogP) is 5.88. The van der Waals surface area contributed by atoms with Gasteiger partial charge in [0.1, 0.15) is 0 Å². The summed E-state index contributed by atoms with van der Waals surface area (Å²) in [5.74, 6) is 2.49. The molecule has 1 rings (SSSR count). The van der Waals surface area contributed by atoms with Crippen molar-refractivity contribution in [3.63, 3.8) is 0 Å². The Labute approximate surface area is 114 Å². The molecule has 17 heavy (non-hydrogen) atoms. The van der Waals surface area contributed by atoms with Gasteiger partial charge in [-0.25, -0.2) is 0 Å². The van der Waals surface area contributed by atoms with Crippen LogP contribution >= 0.6 is 11.6 Å². The SMILES string of the molecule is CC(C)CCCC1CC(C(C)(C)C)CCC1Cl. The quantitative estimate of drug-likeness (QED) is 0.552. The van der Waals surface area contributed by atoms with E-state index in [-0.39, 0.29) is 0 Å². The van der Waals surface area contributed by atoms with Crippen molar-refractivity contribution in [2.45, 2.75) is 78.5 Å². The average Bonchev–Trinajstić information content (AvgIpc) is 2.18. The van der Waals surface area contributed by atoms with Crippen molar-refractivity contribution < 1.29 is 0 Å². The molecule has 3 atom stereocenters. The number of hydrogen-bond donors (Lipinski definition) is 0. The van der Waals surface area contributed by atoms with Crippen LogP contribution in [0, 0.1) is 23.2 Å². The van der Waals surface area contributed by atoms with Gasteiger partial charge < -0.3 is 0 Å². The minimum atomic E-state index is 0.445. The molecule has 102 valence electrons. The van der Waals surface area contributed by atoms with E-state index in [4.69, 9.17) is 11.6 Å². The van der Waals surface area contributed by atoms with Crippen LogP contribution in [0.3, 0.4) is 0 Å². The van der Waals surface area contributed by atoms with E-state index in [1.807, 2.05) is 0 Å². The van der Waals surface area contributed by atoms with Gasteiger partial charge >= 0.3 is 0 Å². The van der Waals surface area contributed by atoms with Crippen molar-refractivity contribution in [1.29, 1.82) is 0 Å². The highest BCUT2D eigenvalue weighted by atomic mass is 35.5. The summed E-state index contributed by atoms with van der Waals surface area (Å²) in [6, 6.07) is 0. The molecular weight excluding hydrogens is 228 g/mol. The van der Waals surface area contributed by atoms with Crippen LogP contribution in [0.1, 0.15) is 73.1 Å². The number of rotatable bonds is 4. The smallest absolute Gasteiger partial charge is 0.0364 e. The molecule has 1 aliphatic rings. The van der Waals surface area contributed by atoms with E-state index in [1.165, 1.54) is 38.5 Å². The van der Waals surface area contributed by atoms with E-state index in [1.54, 1.807) is 0 Å². The maximum absolute atomic E-state index is 6.51. The first kappa shape index (κ1) is 15.3. The Morgan fingerprint density at radius 3 is 2.35 bits per heavy atom. The van der Waals surface area contributed by atoms with Gasteiger partial charge in [0.05, 0.1) is 0 Å². The number of alkyl halides is 1. The van der Waals surface area contributed by atoms with Gasteiger partial charge in [0.15, 0.2) is 0 Å². The molecular formula is C16H31Cl. The maximum Gasteiger partial charge on any atom is 0.0364 e. The fourth-order valence-corrected chi connectivity index (χ4v) is 3.46.